The van der Waals surface area contributed by atoms with Crippen LogP contribution in [-0.4, -0.2) is 101 Å². The van der Waals surface area contributed by atoms with Crippen LogP contribution in [0.4, 0.5) is 10.5 Å². The zero-order valence-electron chi connectivity index (χ0n) is 29.6. The van der Waals surface area contributed by atoms with Gasteiger partial charge in [0, 0.05) is 50.0 Å². The Morgan fingerprint density at radius 2 is 1.81 bits per heavy atom. The summed E-state index contributed by atoms with van der Waals surface area (Å²) in [6, 6.07) is 13.7. The van der Waals surface area contributed by atoms with Crippen LogP contribution in [0.15, 0.2) is 59.6 Å². The first-order chi connectivity index (χ1) is 25.1. The van der Waals surface area contributed by atoms with Crippen molar-refractivity contribution in [1.29, 1.82) is 5.26 Å². The van der Waals surface area contributed by atoms with E-state index >= 15 is 4.79 Å². The number of urea groups is 1. The van der Waals surface area contributed by atoms with Gasteiger partial charge in [-0.05, 0) is 93.6 Å². The van der Waals surface area contributed by atoms with Crippen molar-refractivity contribution in [1.82, 2.24) is 25.4 Å². The Balaban J connectivity index is 1.27. The summed E-state index contributed by atoms with van der Waals surface area (Å²) in [6.45, 7) is 6.97. The first-order valence-corrected chi connectivity index (χ1v) is 19.0. The van der Waals surface area contributed by atoms with Crippen LogP contribution in [0.3, 0.4) is 0 Å². The average Bonchev–Trinajstić information content (AvgIpc) is 3.41. The number of pyridine rings is 1. The largest absolute Gasteiger partial charge is 0.497 e. The van der Waals surface area contributed by atoms with Gasteiger partial charge in [0.25, 0.3) is 15.9 Å². The van der Waals surface area contributed by atoms with Gasteiger partial charge in [0.1, 0.15) is 16.4 Å². The van der Waals surface area contributed by atoms with Gasteiger partial charge in [0.05, 0.1) is 43.7 Å². The van der Waals surface area contributed by atoms with E-state index in [4.69, 9.17) is 14.2 Å². The fraction of sp³-hybridized carbons (Fsp3) is 0.459. The van der Waals surface area contributed by atoms with Crippen LogP contribution in [0.1, 0.15) is 49.3 Å². The summed E-state index contributed by atoms with van der Waals surface area (Å²) in [7, 11) is -1.94. The number of nitrogens with zero attached hydrogens (tertiary/aromatic N) is 5. The Hall–Kier alpha value is -4.91. The molecule has 3 aromatic rings. The van der Waals surface area contributed by atoms with Crippen LogP contribution in [0.5, 0.6) is 17.4 Å². The number of rotatable bonds is 9. The number of likely N-dealkylation sites (tertiary alicyclic amines) is 2. The molecule has 2 N–H and O–H groups in total. The van der Waals surface area contributed by atoms with E-state index in [1.807, 2.05) is 0 Å². The Bertz CT molecular complexity index is 2010. The molecule has 5 heterocycles. The molecule has 1 spiro atoms. The number of carbonyl (C=O) groups is 2. The Morgan fingerprint density at radius 3 is 2.48 bits per heavy atom. The zero-order chi connectivity index (χ0) is 36.7. The molecule has 3 saturated heterocycles. The topological polar surface area (TPSA) is 166 Å². The van der Waals surface area contributed by atoms with Crippen molar-refractivity contribution in [2.24, 2.45) is 5.41 Å². The predicted molar refractivity (Wildman–Crippen MR) is 191 cm³/mol. The number of aromatic nitrogens is 1. The highest BCUT2D eigenvalue weighted by Gasteiger charge is 2.59. The van der Waals surface area contributed by atoms with Gasteiger partial charge in [-0.2, -0.15) is 9.57 Å². The molecule has 0 aliphatic carbocycles. The smallest absolute Gasteiger partial charge is 0.318 e. The number of nitrogens with one attached hydrogen (secondary N) is 2. The van der Waals surface area contributed by atoms with Crippen molar-refractivity contribution >= 4 is 27.6 Å². The van der Waals surface area contributed by atoms with Gasteiger partial charge >= 0.3 is 6.03 Å². The van der Waals surface area contributed by atoms with E-state index < -0.39 is 27.5 Å². The molecule has 3 fully saturated rings. The Morgan fingerprint density at radius 1 is 1.06 bits per heavy atom. The summed E-state index contributed by atoms with van der Waals surface area (Å²) in [6.07, 6.45) is 5.40. The van der Waals surface area contributed by atoms with Gasteiger partial charge in [0.15, 0.2) is 5.54 Å². The molecule has 274 valence electrons. The summed E-state index contributed by atoms with van der Waals surface area (Å²) < 4.78 is 46.6. The van der Waals surface area contributed by atoms with Crippen LogP contribution in [-0.2, 0) is 20.4 Å². The van der Waals surface area contributed by atoms with E-state index in [0.717, 1.165) is 51.9 Å². The number of benzene rings is 2. The number of ether oxygens (including phenoxy) is 3. The number of amides is 3. The average molecular weight is 730 g/mol. The van der Waals surface area contributed by atoms with E-state index in [9.17, 15) is 18.5 Å². The van der Waals surface area contributed by atoms with Crippen molar-refractivity contribution < 1.29 is 32.2 Å². The molecule has 2 aromatic carbocycles. The Kier molecular flexibility index (Phi) is 9.49. The third-order valence-corrected chi connectivity index (χ3v) is 12.6. The maximum atomic E-state index is 15.2. The fourth-order valence-corrected chi connectivity index (χ4v) is 9.75. The lowest BCUT2D eigenvalue weighted by Crippen LogP contribution is -2.65. The second kappa shape index (κ2) is 13.9. The van der Waals surface area contributed by atoms with Crippen molar-refractivity contribution in [2.45, 2.75) is 49.1 Å². The third-order valence-electron chi connectivity index (χ3n) is 10.9. The first kappa shape index (κ1) is 35.5. The van der Waals surface area contributed by atoms with Crippen molar-refractivity contribution in [3.05, 3.63) is 71.4 Å². The lowest BCUT2D eigenvalue weighted by molar-refractivity contribution is -0.121. The van der Waals surface area contributed by atoms with Gasteiger partial charge in [-0.3, -0.25) is 9.69 Å². The maximum absolute atomic E-state index is 15.2. The highest BCUT2D eigenvalue weighted by atomic mass is 32.2. The molecule has 52 heavy (non-hydrogen) atoms. The van der Waals surface area contributed by atoms with Crippen molar-refractivity contribution in [3.63, 3.8) is 0 Å². The van der Waals surface area contributed by atoms with Crippen LogP contribution < -0.4 is 29.1 Å². The molecule has 7 rings (SSSR count). The number of sulfonamides is 1. The van der Waals surface area contributed by atoms with Gasteiger partial charge in [-0.1, -0.05) is 0 Å². The number of hydrogen-bond donors (Lipinski definition) is 2. The van der Waals surface area contributed by atoms with Crippen LogP contribution in [0, 0.1) is 16.7 Å². The zero-order valence-corrected chi connectivity index (χ0v) is 30.4. The Labute approximate surface area is 303 Å². The summed E-state index contributed by atoms with van der Waals surface area (Å²) >= 11 is 0. The molecule has 0 radical (unpaired) electrons. The molecule has 14 nitrogen and oxygen atoms in total. The van der Waals surface area contributed by atoms with Gasteiger partial charge in [-0.15, -0.1) is 0 Å². The van der Waals surface area contributed by atoms with E-state index in [1.54, 1.807) is 24.0 Å². The molecule has 0 unspecified atom stereocenters. The molecule has 0 saturated carbocycles. The molecule has 1 atom stereocenters. The SMILES string of the molecule is CCOc1ncccc1[C@]1(NC(=O)N2CCC3(CC2)CN(C2CCNCC2)C3)C(=O)N(S(=O)(=O)c2ccc(OC)cc2OC)c2ccc(C#N)cc21. The molecular formula is C37H43N7O7S. The quantitative estimate of drug-likeness (QED) is 0.332. The van der Waals surface area contributed by atoms with E-state index in [0.29, 0.717) is 29.2 Å². The minimum Gasteiger partial charge on any atom is -0.497 e. The fourth-order valence-electron chi connectivity index (χ4n) is 8.15. The number of nitriles is 1. The molecular weight excluding hydrogens is 687 g/mol. The molecule has 4 aliphatic rings. The number of carbonyl (C=O) groups excluding carboxylic acids is 2. The standard InChI is InChI=1S/C37H43N7O7S/c1-4-51-33-28(6-5-15-40-33)37(41-35(46)42-18-13-36(14-19-42)23-43(24-36)26-11-16-39-17-12-26)29-20-25(22-38)7-9-30(29)44(34(37)45)52(47,48)32-10-8-27(49-2)21-31(32)50-3/h5-10,15,20-21,26,39H,4,11-14,16-19,23-24H2,1-3H3,(H,41,46)/t37-/m1/s1. The second-order valence-corrected chi connectivity index (χ2v) is 15.5. The number of hydrogen-bond acceptors (Lipinski definition) is 11. The van der Waals surface area contributed by atoms with E-state index in [1.165, 1.54) is 56.8 Å². The van der Waals surface area contributed by atoms with Gasteiger partial charge in [-0.25, -0.2) is 18.2 Å². The van der Waals surface area contributed by atoms with Crippen LogP contribution >= 0.6 is 0 Å². The second-order valence-electron chi connectivity index (χ2n) is 13.8. The van der Waals surface area contributed by atoms with Crippen molar-refractivity contribution in [2.75, 3.05) is 64.4 Å². The summed E-state index contributed by atoms with van der Waals surface area (Å²) in [5, 5.41) is 16.4. The molecule has 15 heteroatoms. The molecule has 0 bridgehead atoms. The number of anilines is 1. The monoisotopic (exact) mass is 729 g/mol. The number of fused-ring (bicyclic) bond motifs is 1. The molecule has 1 aromatic heterocycles. The normalized spacial score (nSPS) is 21.6. The molecule has 3 amide bonds. The van der Waals surface area contributed by atoms with Gasteiger partial charge < -0.3 is 29.7 Å². The summed E-state index contributed by atoms with van der Waals surface area (Å²) in [5.74, 6) is -0.636. The lowest BCUT2D eigenvalue weighted by Gasteiger charge is -2.57. The van der Waals surface area contributed by atoms with Crippen LogP contribution in [0.25, 0.3) is 0 Å². The van der Waals surface area contributed by atoms with Crippen molar-refractivity contribution in [3.8, 4) is 23.4 Å². The third kappa shape index (κ3) is 5.88. The summed E-state index contributed by atoms with van der Waals surface area (Å²) in [5.41, 5.74) is -1.63. The predicted octanol–water partition coefficient (Wildman–Crippen LogP) is 3.21. The summed E-state index contributed by atoms with van der Waals surface area (Å²) in [4.78, 5) is 38.0. The number of methoxy groups -OCH3 is 2. The van der Waals surface area contributed by atoms with Crippen LogP contribution in [0.2, 0.25) is 0 Å². The highest BCUT2D eigenvalue weighted by molar-refractivity contribution is 7.93. The van der Waals surface area contributed by atoms with Gasteiger partial charge in [0.2, 0.25) is 5.88 Å². The maximum Gasteiger partial charge on any atom is 0.318 e. The minimum absolute atomic E-state index is 0.0291. The first-order valence-electron chi connectivity index (χ1n) is 17.6. The number of piperidine rings is 2. The molecule has 4 aliphatic heterocycles. The lowest BCUT2D eigenvalue weighted by atomic mass is 9.71. The van der Waals surface area contributed by atoms with E-state index in [2.05, 4.69) is 26.6 Å². The highest BCUT2D eigenvalue weighted by Crippen LogP contribution is 2.50. The minimum atomic E-state index is -4.69. The van der Waals surface area contributed by atoms with E-state index in [-0.39, 0.29) is 50.9 Å².